The van der Waals surface area contributed by atoms with E-state index in [2.05, 4.69) is 56.0 Å². The molecule has 84 heavy (non-hydrogen) atoms. The lowest BCUT2D eigenvalue weighted by Gasteiger charge is -2.21. The number of aliphatic imine (C=N–C) groups is 2. The van der Waals surface area contributed by atoms with Gasteiger partial charge in [0.2, 0.25) is 35.5 Å². The van der Waals surface area contributed by atoms with Gasteiger partial charge < -0.3 is 59.5 Å². The molecule has 23 nitrogen and oxygen atoms in total. The number of sulfonamides is 2. The van der Waals surface area contributed by atoms with E-state index in [1.54, 1.807) is 52.0 Å². The van der Waals surface area contributed by atoms with E-state index in [9.17, 15) is 36.0 Å². The molecule has 0 spiro atoms. The molecule has 0 aliphatic carbocycles. The average molecular weight is 1190 g/mol. The summed E-state index contributed by atoms with van der Waals surface area (Å²) in [5, 5.41) is 16.6. The highest BCUT2D eigenvalue weighted by Gasteiger charge is 2.27. The first kappa shape index (κ1) is 65.3. The summed E-state index contributed by atoms with van der Waals surface area (Å²) in [5.74, 6) is -2.48. The Bertz CT molecular complexity index is 3280. The molecule has 25 heteroatoms. The number of benzene rings is 4. The van der Waals surface area contributed by atoms with Gasteiger partial charge in [0.15, 0.2) is 0 Å². The average Bonchev–Trinajstić information content (AvgIpc) is 4.18. The van der Waals surface area contributed by atoms with Gasteiger partial charge in [-0.15, -0.1) is 0 Å². The van der Waals surface area contributed by atoms with Crippen LogP contribution in [0.25, 0.3) is 21.8 Å². The van der Waals surface area contributed by atoms with Crippen molar-refractivity contribution in [2.45, 2.75) is 133 Å². The molecular formula is C59H83N15O8S2. The van der Waals surface area contributed by atoms with Crippen LogP contribution in [0.3, 0.4) is 0 Å². The highest BCUT2D eigenvalue weighted by Crippen LogP contribution is 2.24. The van der Waals surface area contributed by atoms with E-state index in [1.165, 1.54) is 0 Å². The molecule has 6 aromatic rings. The highest BCUT2D eigenvalue weighted by atomic mass is 32.2. The number of carbonyl (C=O) groups excluding carboxylic acids is 4. The maximum Gasteiger partial charge on any atom is 0.264 e. The van der Waals surface area contributed by atoms with Crippen LogP contribution in [0.15, 0.2) is 105 Å². The Morgan fingerprint density at radius 1 is 0.512 bits per heavy atom. The molecule has 4 amide bonds. The highest BCUT2D eigenvalue weighted by molar-refractivity contribution is 7.90. The summed E-state index contributed by atoms with van der Waals surface area (Å²) in [5.41, 5.74) is 32.5. The SMILES string of the molecule is Cc1cc(C)c(S(=O)(=O)NC(N)=NCCC[C@@H](NC(=O)[C@H](N)Cc2c[nH]c3ccccc23)C(=O)NCCCCCNCCNC(=O)[C@@H](CCCN=C(N)NS(=O)(=O)c2c(C)cc(C)cc2C)NC(=O)[C@H](N)Cc2c[nH]c3ccccc23)c(C)c1. The van der Waals surface area contributed by atoms with E-state index >= 15 is 0 Å². The summed E-state index contributed by atoms with van der Waals surface area (Å²) in [7, 11) is -8.05. The number of carbonyl (C=O) groups is 4. The fourth-order valence-corrected chi connectivity index (χ4v) is 13.2. The van der Waals surface area contributed by atoms with Crippen molar-refractivity contribution < 1.29 is 36.0 Å². The van der Waals surface area contributed by atoms with Gasteiger partial charge >= 0.3 is 0 Å². The van der Waals surface area contributed by atoms with Crippen LogP contribution in [0.5, 0.6) is 0 Å². The smallest absolute Gasteiger partial charge is 0.264 e. The topological polar surface area (TPSA) is 381 Å². The maximum absolute atomic E-state index is 13.6. The quantitative estimate of drug-likeness (QED) is 0.0169. The van der Waals surface area contributed by atoms with Crippen LogP contribution in [0.1, 0.15) is 89.5 Å². The van der Waals surface area contributed by atoms with Gasteiger partial charge in [-0.1, -0.05) is 78.2 Å². The third kappa shape index (κ3) is 18.8. The molecule has 17 N–H and O–H groups in total. The van der Waals surface area contributed by atoms with Crippen molar-refractivity contribution in [2.75, 3.05) is 39.3 Å². The van der Waals surface area contributed by atoms with Gasteiger partial charge in [-0.3, -0.25) is 29.2 Å². The lowest BCUT2D eigenvalue weighted by atomic mass is 10.0. The lowest BCUT2D eigenvalue weighted by molar-refractivity contribution is -0.129. The second kappa shape index (κ2) is 30.6. The summed E-state index contributed by atoms with van der Waals surface area (Å²) in [6.45, 7) is 12.3. The summed E-state index contributed by atoms with van der Waals surface area (Å²) in [4.78, 5) is 69.3. The molecule has 0 saturated heterocycles. The maximum atomic E-state index is 13.6. The molecular weight excluding hydrogens is 1110 g/mol. The van der Waals surface area contributed by atoms with Crippen LogP contribution in [0.2, 0.25) is 0 Å². The molecule has 0 aliphatic rings. The Labute approximate surface area is 492 Å². The molecule has 0 radical (unpaired) electrons. The zero-order chi connectivity index (χ0) is 61.1. The first-order valence-corrected chi connectivity index (χ1v) is 31.2. The van der Waals surface area contributed by atoms with Crippen molar-refractivity contribution in [1.29, 1.82) is 0 Å². The number of amides is 4. The number of hydrogen-bond donors (Lipinski definition) is 13. The monoisotopic (exact) mass is 1190 g/mol. The number of unbranched alkanes of at least 4 members (excludes halogenated alkanes) is 2. The van der Waals surface area contributed by atoms with Gasteiger partial charge in [-0.05, 0) is 145 Å². The summed E-state index contributed by atoms with van der Waals surface area (Å²) < 4.78 is 57.6. The van der Waals surface area contributed by atoms with Crippen molar-refractivity contribution in [3.63, 3.8) is 0 Å². The molecule has 0 aliphatic heterocycles. The van der Waals surface area contributed by atoms with Crippen LogP contribution in [-0.2, 0) is 52.1 Å². The van der Waals surface area contributed by atoms with E-state index in [4.69, 9.17) is 22.9 Å². The second-order valence-electron chi connectivity index (χ2n) is 21.3. The van der Waals surface area contributed by atoms with E-state index in [0.717, 1.165) is 56.9 Å². The molecule has 0 unspecified atom stereocenters. The lowest BCUT2D eigenvalue weighted by Crippen LogP contribution is -2.52. The molecule has 2 heterocycles. The fourth-order valence-electron chi connectivity index (χ4n) is 10.4. The minimum atomic E-state index is -4.03. The minimum absolute atomic E-state index is 0.0575. The van der Waals surface area contributed by atoms with Crippen molar-refractivity contribution in [1.82, 2.24) is 46.0 Å². The molecule has 4 aromatic carbocycles. The van der Waals surface area contributed by atoms with Gasteiger partial charge in [0.05, 0.1) is 21.9 Å². The molecule has 6 rings (SSSR count). The number of rotatable bonds is 31. The van der Waals surface area contributed by atoms with Crippen LogP contribution in [0.4, 0.5) is 0 Å². The zero-order valence-corrected chi connectivity index (χ0v) is 50.4. The first-order valence-electron chi connectivity index (χ1n) is 28.2. The Hall–Kier alpha value is -7.84. The first-order chi connectivity index (χ1) is 39.9. The van der Waals surface area contributed by atoms with Crippen molar-refractivity contribution in [2.24, 2.45) is 32.9 Å². The minimum Gasteiger partial charge on any atom is -0.369 e. The molecule has 0 saturated carbocycles. The third-order valence-corrected chi connectivity index (χ3v) is 17.5. The molecule has 0 bridgehead atoms. The number of guanidine groups is 2. The van der Waals surface area contributed by atoms with Crippen molar-refractivity contribution in [3.05, 3.63) is 130 Å². The van der Waals surface area contributed by atoms with Crippen LogP contribution in [-0.4, -0.2) is 126 Å². The number of fused-ring (bicyclic) bond motifs is 2. The third-order valence-electron chi connectivity index (χ3n) is 14.2. The summed E-state index contributed by atoms with van der Waals surface area (Å²) in [6.07, 6.45) is 7.04. The number of nitrogens with one attached hydrogen (secondary N) is 9. The number of para-hydroxylation sites is 2. The van der Waals surface area contributed by atoms with Crippen LogP contribution >= 0.6 is 0 Å². The van der Waals surface area contributed by atoms with Crippen molar-refractivity contribution >= 4 is 77.4 Å². The van der Waals surface area contributed by atoms with Crippen LogP contribution in [0, 0.1) is 41.5 Å². The second-order valence-corrected chi connectivity index (χ2v) is 24.6. The Balaban J connectivity index is 0.959. The Morgan fingerprint density at radius 2 is 0.905 bits per heavy atom. The van der Waals surface area contributed by atoms with E-state index in [0.29, 0.717) is 48.3 Å². The molecule has 4 atom stereocenters. The Kier molecular flexibility index (Phi) is 23.8. The zero-order valence-electron chi connectivity index (χ0n) is 48.8. The number of aryl methyl sites for hydroxylation is 6. The number of aromatic amines is 2. The number of hydrogen-bond acceptors (Lipinski definition) is 13. The standard InChI is InChI=1S/C59H83N15O8S2/c1-36-28-38(3)52(39(4)29-36)83(79,80)73-58(62)67-24-14-20-50(71-54(75)46(60)32-42-34-69-48-18-10-8-16-44(42)48)56(77)65-23-13-7-12-22-64-26-27-66-57(78)51(72-55(76)47(61)33-43-35-70-49-19-11-9-17-45(43)49)21-15-25-68-59(63)74-84(81,82)53-40(5)30-37(2)31-41(53)6/h8-11,16-19,28-31,34-35,46-47,50-51,64,69-70H,7,12-15,20-27,32-33,60-61H2,1-6H3,(H,65,77)(H,66,78)(H,71,75)(H,72,76)(H3,62,67,73)(H3,63,68,74)/t46-,47-,50-,51-/m1/s1. The number of H-pyrrole nitrogens is 2. The number of nitrogens with zero attached hydrogens (tertiary/aromatic N) is 2. The normalized spacial score (nSPS) is 13.7. The fraction of sp³-hybridized carbons (Fsp3) is 0.424. The number of nitrogens with two attached hydrogens (primary N) is 4. The van der Waals surface area contributed by atoms with Crippen LogP contribution < -0.4 is 59.0 Å². The Morgan fingerprint density at radius 3 is 1.33 bits per heavy atom. The predicted octanol–water partition coefficient (Wildman–Crippen LogP) is 3.05. The van der Waals surface area contributed by atoms with E-state index in [1.807, 2.05) is 74.8 Å². The largest absolute Gasteiger partial charge is 0.369 e. The predicted molar refractivity (Wildman–Crippen MR) is 330 cm³/mol. The summed E-state index contributed by atoms with van der Waals surface area (Å²) in [6, 6.07) is 18.5. The van der Waals surface area contributed by atoms with Gasteiger partial charge in [0.1, 0.15) is 12.1 Å². The van der Waals surface area contributed by atoms with E-state index in [-0.39, 0.29) is 79.9 Å². The van der Waals surface area contributed by atoms with Gasteiger partial charge in [-0.25, -0.2) is 26.3 Å². The van der Waals surface area contributed by atoms with Gasteiger partial charge in [-0.2, -0.15) is 0 Å². The molecule has 0 fully saturated rings. The summed E-state index contributed by atoms with van der Waals surface area (Å²) >= 11 is 0. The van der Waals surface area contributed by atoms with E-state index < -0.39 is 67.8 Å². The number of aromatic nitrogens is 2. The molecule has 2 aromatic heterocycles. The molecule has 454 valence electrons. The van der Waals surface area contributed by atoms with Gasteiger partial charge in [0, 0.05) is 66.9 Å². The van der Waals surface area contributed by atoms with Crippen molar-refractivity contribution in [3.8, 4) is 0 Å². The van der Waals surface area contributed by atoms with Gasteiger partial charge in [0.25, 0.3) is 20.0 Å².